The van der Waals surface area contributed by atoms with Gasteiger partial charge in [-0.25, -0.2) is 4.79 Å². The first kappa shape index (κ1) is 16.8. The molecule has 0 atom stereocenters. The van der Waals surface area contributed by atoms with Gasteiger partial charge < -0.3 is 13.9 Å². The van der Waals surface area contributed by atoms with Gasteiger partial charge in [-0.15, -0.1) is 0 Å². The fourth-order valence-corrected chi connectivity index (χ4v) is 2.85. The number of aryl methyl sites for hydroxylation is 2. The molecule has 6 heteroatoms. The number of nitrogens with zero attached hydrogens (tertiary/aromatic N) is 1. The normalized spacial score (nSPS) is 14.1. The summed E-state index contributed by atoms with van der Waals surface area (Å²) < 4.78 is 16.5. The molecule has 6 nitrogen and oxygen atoms in total. The Morgan fingerprint density at radius 1 is 1.19 bits per heavy atom. The number of carbonyl (C=O) groups is 2. The van der Waals surface area contributed by atoms with Crippen LogP contribution in [0.1, 0.15) is 37.8 Å². The highest BCUT2D eigenvalue weighted by atomic mass is 16.5. The fraction of sp³-hybridized carbons (Fsp3) is 0.0952. The van der Waals surface area contributed by atoms with Crippen molar-refractivity contribution < 1.29 is 23.5 Å². The smallest absolute Gasteiger partial charge is 0.345 e. The van der Waals surface area contributed by atoms with Crippen molar-refractivity contribution in [1.29, 1.82) is 0 Å². The molecular weight excluding hydrogens is 346 g/mol. The summed E-state index contributed by atoms with van der Waals surface area (Å²) in [6.45, 7) is 3.59. The fourth-order valence-electron chi connectivity index (χ4n) is 2.85. The quantitative estimate of drug-likeness (QED) is 0.397. The van der Waals surface area contributed by atoms with Crippen LogP contribution in [-0.2, 0) is 0 Å². The number of ketones is 1. The number of hydrogen-bond acceptors (Lipinski definition) is 6. The van der Waals surface area contributed by atoms with Gasteiger partial charge in [-0.1, -0.05) is 0 Å². The molecule has 27 heavy (non-hydrogen) atoms. The highest BCUT2D eigenvalue weighted by Crippen LogP contribution is 2.37. The van der Waals surface area contributed by atoms with Crippen molar-refractivity contribution in [2.75, 3.05) is 0 Å². The van der Waals surface area contributed by atoms with Gasteiger partial charge in [0.25, 0.3) is 0 Å². The minimum Gasteiger partial charge on any atom is -0.462 e. The van der Waals surface area contributed by atoms with E-state index in [9.17, 15) is 9.59 Å². The van der Waals surface area contributed by atoms with Crippen LogP contribution in [0.3, 0.4) is 0 Å². The van der Waals surface area contributed by atoms with Gasteiger partial charge in [-0.3, -0.25) is 9.78 Å². The topological polar surface area (TPSA) is 78.6 Å². The van der Waals surface area contributed by atoms with Crippen LogP contribution >= 0.6 is 0 Å². The molecule has 3 aromatic rings. The number of rotatable bonds is 3. The predicted octanol–water partition coefficient (Wildman–Crippen LogP) is 4.13. The molecule has 2 aromatic heterocycles. The molecule has 134 valence electrons. The first-order valence-electron chi connectivity index (χ1n) is 8.29. The number of fused-ring (bicyclic) bond motifs is 1. The van der Waals surface area contributed by atoms with Crippen LogP contribution < -0.4 is 9.47 Å². The first-order chi connectivity index (χ1) is 13.0. The SMILES string of the molecule is Cc1ccc(/C=C2\Oc3cc(OC(=O)c4cccnc4)cc(C)c3C2=O)o1. The van der Waals surface area contributed by atoms with Gasteiger partial charge in [-0.05, 0) is 49.7 Å². The molecule has 4 rings (SSSR count). The number of esters is 1. The van der Waals surface area contributed by atoms with Crippen molar-refractivity contribution in [2.45, 2.75) is 13.8 Å². The van der Waals surface area contributed by atoms with E-state index in [0.717, 1.165) is 5.76 Å². The van der Waals surface area contributed by atoms with Crippen LogP contribution in [-0.4, -0.2) is 16.7 Å². The van der Waals surface area contributed by atoms with E-state index in [1.54, 1.807) is 49.5 Å². The Hall–Kier alpha value is -3.67. The summed E-state index contributed by atoms with van der Waals surface area (Å²) in [6.07, 6.45) is 4.55. The van der Waals surface area contributed by atoms with Crippen LogP contribution in [0, 0.1) is 13.8 Å². The molecule has 1 aromatic carbocycles. The third kappa shape index (κ3) is 3.25. The summed E-state index contributed by atoms with van der Waals surface area (Å²) in [6, 6.07) is 9.99. The third-order valence-electron chi connectivity index (χ3n) is 4.09. The maximum atomic E-state index is 12.6. The molecule has 0 bridgehead atoms. The van der Waals surface area contributed by atoms with Crippen molar-refractivity contribution in [3.8, 4) is 11.5 Å². The number of carbonyl (C=O) groups excluding carboxylic acids is 2. The summed E-state index contributed by atoms with van der Waals surface area (Å²) >= 11 is 0. The summed E-state index contributed by atoms with van der Waals surface area (Å²) in [5.74, 6) is 1.31. The average molecular weight is 361 g/mol. The minimum absolute atomic E-state index is 0.165. The van der Waals surface area contributed by atoms with Crippen LogP contribution in [0.15, 0.2) is 59.0 Å². The Balaban J connectivity index is 1.62. The first-order valence-corrected chi connectivity index (χ1v) is 8.29. The average Bonchev–Trinajstić information content (AvgIpc) is 3.19. The zero-order valence-corrected chi connectivity index (χ0v) is 14.7. The van der Waals surface area contributed by atoms with Gasteiger partial charge in [-0.2, -0.15) is 0 Å². The highest BCUT2D eigenvalue weighted by molar-refractivity contribution is 6.15. The van der Waals surface area contributed by atoms with Crippen molar-refractivity contribution in [1.82, 2.24) is 4.98 Å². The van der Waals surface area contributed by atoms with Crippen LogP contribution in [0.4, 0.5) is 0 Å². The van der Waals surface area contributed by atoms with Crippen molar-refractivity contribution >= 4 is 17.8 Å². The number of aromatic nitrogens is 1. The second kappa shape index (κ2) is 6.57. The standard InChI is InChI=1S/C21H15NO5/c1-12-8-16(26-21(24)14-4-3-7-22-11-14)10-17-19(12)20(23)18(27-17)9-15-6-5-13(2)25-15/h3-11H,1-2H3/b18-9-. The van der Waals surface area contributed by atoms with E-state index in [-0.39, 0.29) is 11.5 Å². The van der Waals surface area contributed by atoms with E-state index < -0.39 is 5.97 Å². The van der Waals surface area contributed by atoms with Crippen molar-refractivity contribution in [2.24, 2.45) is 0 Å². The van der Waals surface area contributed by atoms with E-state index in [1.807, 2.05) is 6.92 Å². The molecule has 3 heterocycles. The lowest BCUT2D eigenvalue weighted by atomic mass is 10.0. The molecule has 0 saturated heterocycles. The lowest BCUT2D eigenvalue weighted by molar-refractivity contribution is 0.0734. The number of benzene rings is 1. The lowest BCUT2D eigenvalue weighted by Crippen LogP contribution is -2.09. The monoisotopic (exact) mass is 361 g/mol. The molecule has 0 spiro atoms. The van der Waals surface area contributed by atoms with Gasteiger partial charge in [0.15, 0.2) is 5.76 Å². The van der Waals surface area contributed by atoms with E-state index in [2.05, 4.69) is 4.98 Å². The Morgan fingerprint density at radius 3 is 2.74 bits per heavy atom. The summed E-state index contributed by atoms with van der Waals surface area (Å²) in [4.78, 5) is 28.7. The second-order valence-corrected chi connectivity index (χ2v) is 6.13. The largest absolute Gasteiger partial charge is 0.462 e. The van der Waals surface area contributed by atoms with Crippen molar-refractivity contribution in [3.05, 3.63) is 82.8 Å². The Bertz CT molecular complexity index is 1080. The number of hydrogen-bond donors (Lipinski definition) is 0. The minimum atomic E-state index is -0.534. The predicted molar refractivity (Wildman–Crippen MR) is 96.8 cm³/mol. The summed E-state index contributed by atoms with van der Waals surface area (Å²) in [5, 5.41) is 0. The molecule has 0 amide bonds. The molecule has 1 aliphatic heterocycles. The summed E-state index contributed by atoms with van der Waals surface area (Å²) in [7, 11) is 0. The van der Waals surface area contributed by atoms with Gasteiger partial charge >= 0.3 is 5.97 Å². The van der Waals surface area contributed by atoms with E-state index in [0.29, 0.717) is 33.9 Å². The van der Waals surface area contributed by atoms with Gasteiger partial charge in [0, 0.05) is 24.5 Å². The molecular formula is C21H15NO5. The van der Waals surface area contributed by atoms with Gasteiger partial charge in [0.1, 0.15) is 23.0 Å². The Kier molecular flexibility index (Phi) is 4.08. The number of furan rings is 1. The van der Waals surface area contributed by atoms with E-state index in [1.165, 1.54) is 12.3 Å². The molecule has 0 radical (unpaired) electrons. The highest BCUT2D eigenvalue weighted by Gasteiger charge is 2.30. The number of Topliss-reactive ketones (excluding diaryl/α,β-unsaturated/α-hetero) is 1. The molecule has 0 saturated carbocycles. The maximum Gasteiger partial charge on any atom is 0.345 e. The summed E-state index contributed by atoms with van der Waals surface area (Å²) in [5.41, 5.74) is 1.44. The molecule has 1 aliphatic rings. The Labute approximate surface area is 155 Å². The molecule has 0 unspecified atom stereocenters. The zero-order valence-electron chi connectivity index (χ0n) is 14.7. The van der Waals surface area contributed by atoms with Gasteiger partial charge in [0.05, 0.1) is 11.1 Å². The number of allylic oxidation sites excluding steroid dienone is 1. The molecule has 0 fully saturated rings. The number of ether oxygens (including phenoxy) is 2. The zero-order chi connectivity index (χ0) is 19.0. The molecule has 0 aliphatic carbocycles. The third-order valence-corrected chi connectivity index (χ3v) is 4.09. The lowest BCUT2D eigenvalue weighted by Gasteiger charge is -2.07. The van der Waals surface area contributed by atoms with Gasteiger partial charge in [0.2, 0.25) is 5.78 Å². The van der Waals surface area contributed by atoms with Crippen molar-refractivity contribution in [3.63, 3.8) is 0 Å². The van der Waals surface area contributed by atoms with Crippen LogP contribution in [0.5, 0.6) is 11.5 Å². The maximum absolute atomic E-state index is 12.6. The van der Waals surface area contributed by atoms with E-state index in [4.69, 9.17) is 13.9 Å². The Morgan fingerprint density at radius 2 is 2.04 bits per heavy atom. The van der Waals surface area contributed by atoms with Crippen LogP contribution in [0.25, 0.3) is 6.08 Å². The van der Waals surface area contributed by atoms with Crippen LogP contribution in [0.2, 0.25) is 0 Å². The van der Waals surface area contributed by atoms with E-state index >= 15 is 0 Å². The second-order valence-electron chi connectivity index (χ2n) is 6.13. The number of pyridine rings is 1. The molecule has 0 N–H and O–H groups in total.